The number of likely N-dealkylation sites (tertiary alicyclic amines) is 1. The van der Waals surface area contributed by atoms with Crippen LogP contribution in [0.3, 0.4) is 0 Å². The van der Waals surface area contributed by atoms with Crippen molar-refractivity contribution in [3.8, 4) is 11.5 Å². The van der Waals surface area contributed by atoms with Gasteiger partial charge in [0.05, 0.1) is 19.2 Å². The van der Waals surface area contributed by atoms with Gasteiger partial charge in [0.2, 0.25) is 0 Å². The monoisotopic (exact) mass is 424 g/mol. The van der Waals surface area contributed by atoms with E-state index in [4.69, 9.17) is 13.9 Å². The third kappa shape index (κ3) is 5.42. The Morgan fingerprint density at radius 3 is 2.87 bits per heavy atom. The number of hydrogen-bond acceptors (Lipinski definition) is 5. The van der Waals surface area contributed by atoms with E-state index in [1.807, 2.05) is 24.3 Å². The van der Waals surface area contributed by atoms with Gasteiger partial charge in [-0.2, -0.15) is 0 Å². The Morgan fingerprint density at radius 1 is 1.23 bits per heavy atom. The average Bonchev–Trinajstić information content (AvgIpc) is 3.27. The molecule has 0 aliphatic carbocycles. The first-order valence-corrected chi connectivity index (χ1v) is 10.3. The molecule has 0 unspecified atom stereocenters. The second-order valence-corrected chi connectivity index (χ2v) is 7.61. The van der Waals surface area contributed by atoms with Crippen LogP contribution in [0.5, 0.6) is 11.5 Å². The number of methoxy groups -OCH3 is 1. The van der Waals surface area contributed by atoms with E-state index in [2.05, 4.69) is 4.98 Å². The van der Waals surface area contributed by atoms with Gasteiger partial charge in [-0.3, -0.25) is 4.79 Å². The quantitative estimate of drug-likeness (QED) is 0.569. The molecule has 31 heavy (non-hydrogen) atoms. The standard InChI is InChI=1S/C24H25FN2O4/c1-29-21-6-2-4-17(12-21)13-22-14-26-24(31-22)18-5-3-11-27(15-18)23(28)16-30-20-9-7-19(25)8-10-20/h2,4,6-10,12,14,18H,3,5,11,13,15-16H2,1H3/t18-/m1/s1. The Bertz CT molecular complexity index is 1020. The second kappa shape index (κ2) is 9.64. The summed E-state index contributed by atoms with van der Waals surface area (Å²) < 4.78 is 29.8. The summed E-state index contributed by atoms with van der Waals surface area (Å²) in [5.41, 5.74) is 1.08. The maximum Gasteiger partial charge on any atom is 0.260 e. The summed E-state index contributed by atoms with van der Waals surface area (Å²) in [7, 11) is 1.65. The fraction of sp³-hybridized carbons (Fsp3) is 0.333. The summed E-state index contributed by atoms with van der Waals surface area (Å²) in [5.74, 6) is 2.34. The number of amides is 1. The summed E-state index contributed by atoms with van der Waals surface area (Å²) in [4.78, 5) is 18.8. The Balaban J connectivity index is 1.33. The Morgan fingerprint density at radius 2 is 2.06 bits per heavy atom. The van der Waals surface area contributed by atoms with Crippen molar-refractivity contribution in [2.45, 2.75) is 25.2 Å². The molecule has 4 rings (SSSR count). The molecule has 0 spiro atoms. The van der Waals surface area contributed by atoms with Crippen molar-refractivity contribution >= 4 is 5.91 Å². The van der Waals surface area contributed by atoms with E-state index in [0.717, 1.165) is 29.9 Å². The lowest BCUT2D eigenvalue weighted by Gasteiger charge is -2.31. The van der Waals surface area contributed by atoms with Crippen LogP contribution in [0.25, 0.3) is 0 Å². The first-order valence-electron chi connectivity index (χ1n) is 10.3. The summed E-state index contributed by atoms with van der Waals surface area (Å²) in [6.45, 7) is 1.15. The van der Waals surface area contributed by atoms with Crippen LogP contribution >= 0.6 is 0 Å². The number of hydrogen-bond donors (Lipinski definition) is 0. The number of benzene rings is 2. The average molecular weight is 424 g/mol. The third-order valence-electron chi connectivity index (χ3n) is 5.38. The molecule has 0 saturated carbocycles. The highest BCUT2D eigenvalue weighted by molar-refractivity contribution is 5.78. The molecule has 0 bridgehead atoms. The predicted octanol–water partition coefficient (Wildman–Crippen LogP) is 4.20. The number of carbonyl (C=O) groups is 1. The van der Waals surface area contributed by atoms with E-state index in [0.29, 0.717) is 31.2 Å². The molecule has 6 nitrogen and oxygen atoms in total. The molecule has 0 N–H and O–H groups in total. The summed E-state index contributed by atoms with van der Waals surface area (Å²) in [6.07, 6.45) is 4.18. The van der Waals surface area contributed by atoms with Crippen LogP contribution < -0.4 is 9.47 Å². The normalized spacial score (nSPS) is 16.2. The topological polar surface area (TPSA) is 64.8 Å². The highest BCUT2D eigenvalue weighted by Crippen LogP contribution is 2.27. The van der Waals surface area contributed by atoms with Crippen LogP contribution in [-0.4, -0.2) is 42.6 Å². The molecule has 2 aromatic carbocycles. The van der Waals surface area contributed by atoms with Gasteiger partial charge in [-0.05, 0) is 54.8 Å². The summed E-state index contributed by atoms with van der Waals surface area (Å²) in [6, 6.07) is 13.5. The maximum atomic E-state index is 13.0. The largest absolute Gasteiger partial charge is 0.497 e. The van der Waals surface area contributed by atoms with Crippen molar-refractivity contribution in [2.24, 2.45) is 0 Å². The van der Waals surface area contributed by atoms with Crippen molar-refractivity contribution in [2.75, 3.05) is 26.8 Å². The second-order valence-electron chi connectivity index (χ2n) is 7.61. The number of oxazole rings is 1. The molecule has 1 aromatic heterocycles. The number of aromatic nitrogens is 1. The first kappa shape index (κ1) is 20.9. The molecule has 1 fully saturated rings. The van der Waals surface area contributed by atoms with Gasteiger partial charge >= 0.3 is 0 Å². The van der Waals surface area contributed by atoms with Gasteiger partial charge < -0.3 is 18.8 Å². The first-order chi connectivity index (χ1) is 15.1. The molecule has 162 valence electrons. The van der Waals surface area contributed by atoms with E-state index >= 15 is 0 Å². The van der Waals surface area contributed by atoms with E-state index in [-0.39, 0.29) is 24.2 Å². The smallest absolute Gasteiger partial charge is 0.260 e. The minimum atomic E-state index is -0.339. The van der Waals surface area contributed by atoms with Gasteiger partial charge in [0.15, 0.2) is 12.5 Å². The highest BCUT2D eigenvalue weighted by Gasteiger charge is 2.28. The van der Waals surface area contributed by atoms with Crippen LogP contribution in [0.15, 0.2) is 59.1 Å². The molecule has 1 aliphatic rings. The van der Waals surface area contributed by atoms with Crippen molar-refractivity contribution in [3.05, 3.63) is 77.8 Å². The van der Waals surface area contributed by atoms with Gasteiger partial charge in [-0.1, -0.05) is 12.1 Å². The molecule has 3 aromatic rings. The van der Waals surface area contributed by atoms with Crippen molar-refractivity contribution in [3.63, 3.8) is 0 Å². The van der Waals surface area contributed by atoms with E-state index in [9.17, 15) is 9.18 Å². The van der Waals surface area contributed by atoms with E-state index in [1.54, 1.807) is 18.2 Å². The predicted molar refractivity (Wildman–Crippen MR) is 113 cm³/mol. The molecule has 1 aliphatic heterocycles. The number of halogens is 1. The number of piperidine rings is 1. The number of nitrogens with zero attached hydrogens (tertiary/aromatic N) is 2. The molecule has 7 heteroatoms. The molecule has 1 saturated heterocycles. The maximum absolute atomic E-state index is 13.0. The molecule has 1 atom stereocenters. The zero-order valence-corrected chi connectivity index (χ0v) is 17.4. The van der Waals surface area contributed by atoms with Crippen LogP contribution in [0, 0.1) is 5.82 Å². The van der Waals surface area contributed by atoms with Gasteiger partial charge in [-0.15, -0.1) is 0 Å². The van der Waals surface area contributed by atoms with E-state index < -0.39 is 0 Å². The SMILES string of the molecule is COc1cccc(Cc2cnc([C@@H]3CCCN(C(=O)COc4ccc(F)cc4)C3)o2)c1. The minimum Gasteiger partial charge on any atom is -0.497 e. The van der Waals surface area contributed by atoms with Crippen LogP contribution in [-0.2, 0) is 11.2 Å². The molecule has 1 amide bonds. The Labute approximate surface area is 180 Å². The molecular weight excluding hydrogens is 399 g/mol. The van der Waals surface area contributed by atoms with Gasteiger partial charge in [-0.25, -0.2) is 9.37 Å². The molecule has 2 heterocycles. The lowest BCUT2D eigenvalue weighted by molar-refractivity contribution is -0.134. The highest BCUT2D eigenvalue weighted by atomic mass is 19.1. The lowest BCUT2D eigenvalue weighted by atomic mass is 9.98. The number of rotatable bonds is 7. The zero-order chi connectivity index (χ0) is 21.6. The van der Waals surface area contributed by atoms with Crippen LogP contribution in [0.4, 0.5) is 4.39 Å². The Hall–Kier alpha value is -3.35. The fourth-order valence-electron chi connectivity index (χ4n) is 3.75. The lowest BCUT2D eigenvalue weighted by Crippen LogP contribution is -2.41. The van der Waals surface area contributed by atoms with Crippen LogP contribution in [0.1, 0.15) is 36.0 Å². The van der Waals surface area contributed by atoms with Crippen molar-refractivity contribution in [1.82, 2.24) is 9.88 Å². The van der Waals surface area contributed by atoms with Gasteiger partial charge in [0, 0.05) is 19.5 Å². The summed E-state index contributed by atoms with van der Waals surface area (Å²) >= 11 is 0. The molecular formula is C24H25FN2O4. The van der Waals surface area contributed by atoms with E-state index in [1.165, 1.54) is 24.3 Å². The third-order valence-corrected chi connectivity index (χ3v) is 5.38. The van der Waals surface area contributed by atoms with Crippen molar-refractivity contribution < 1.29 is 23.1 Å². The van der Waals surface area contributed by atoms with Gasteiger partial charge in [0.1, 0.15) is 23.1 Å². The zero-order valence-electron chi connectivity index (χ0n) is 17.4. The molecule has 0 radical (unpaired) electrons. The summed E-state index contributed by atoms with van der Waals surface area (Å²) in [5, 5.41) is 0. The Kier molecular flexibility index (Phi) is 6.50. The van der Waals surface area contributed by atoms with Gasteiger partial charge in [0.25, 0.3) is 5.91 Å². The van der Waals surface area contributed by atoms with Crippen LogP contribution in [0.2, 0.25) is 0 Å². The minimum absolute atomic E-state index is 0.0579. The number of ether oxygens (including phenoxy) is 2. The fourth-order valence-corrected chi connectivity index (χ4v) is 3.75. The van der Waals surface area contributed by atoms with Crippen molar-refractivity contribution in [1.29, 1.82) is 0 Å². The number of carbonyl (C=O) groups excluding carboxylic acids is 1.